The van der Waals surface area contributed by atoms with Crippen LogP contribution in [0.15, 0.2) is 235 Å². The summed E-state index contributed by atoms with van der Waals surface area (Å²) in [6.07, 6.45) is 17.2. The molecule has 3 heteroatoms. The third-order valence-electron chi connectivity index (χ3n) is 12.2. The smallest absolute Gasteiger partial charge is 0.0733 e. The highest BCUT2D eigenvalue weighted by molar-refractivity contribution is 5.90. The fourth-order valence-corrected chi connectivity index (χ4v) is 9.50. The number of rotatable bonds is 9. The minimum Gasteiger partial charge on any atom is -0.355 e. The first kappa shape index (κ1) is 39.3. The molecule has 10 rings (SSSR count). The van der Waals surface area contributed by atoms with Crippen molar-refractivity contribution in [3.63, 3.8) is 0 Å². The van der Waals surface area contributed by atoms with E-state index in [0.717, 1.165) is 29.9 Å². The molecule has 2 atom stereocenters. The van der Waals surface area contributed by atoms with Crippen LogP contribution in [0.4, 0.5) is 11.4 Å². The fourth-order valence-electron chi connectivity index (χ4n) is 9.50. The molecule has 3 aliphatic rings. The maximum atomic E-state index is 6.16. The van der Waals surface area contributed by atoms with Gasteiger partial charge < -0.3 is 10.7 Å². The Bertz CT molecular complexity index is 2820. The molecule has 0 aliphatic heterocycles. The maximum Gasteiger partial charge on any atom is 0.0733 e. The van der Waals surface area contributed by atoms with Gasteiger partial charge in [-0.25, -0.2) is 0 Å². The Kier molecular flexibility index (Phi) is 11.3. The van der Waals surface area contributed by atoms with Gasteiger partial charge in [-0.2, -0.15) is 0 Å². The molecule has 0 amide bonds. The van der Waals surface area contributed by atoms with Crippen molar-refractivity contribution in [3.05, 3.63) is 263 Å². The first-order chi connectivity index (χ1) is 30.2. The molecule has 3 aliphatic carbocycles. The topological polar surface area (TPSA) is 50.1 Å². The molecule has 7 aromatic carbocycles. The van der Waals surface area contributed by atoms with E-state index in [2.05, 4.69) is 229 Å². The van der Waals surface area contributed by atoms with E-state index in [-0.39, 0.29) is 5.92 Å². The summed E-state index contributed by atoms with van der Waals surface area (Å²) in [5, 5.41) is 3.80. The zero-order chi connectivity index (χ0) is 41.6. The van der Waals surface area contributed by atoms with E-state index >= 15 is 0 Å². The van der Waals surface area contributed by atoms with Gasteiger partial charge in [-0.1, -0.05) is 202 Å². The number of allylic oxidation sites excluding steroid dienone is 9. The number of hydrazine groups is 1. The second-order valence-corrected chi connectivity index (χ2v) is 15.5. The normalized spacial score (nSPS) is 18.0. The average molecular weight is 790 g/mol. The van der Waals surface area contributed by atoms with Gasteiger partial charge >= 0.3 is 0 Å². The molecular weight excluding hydrogens is 739 g/mol. The summed E-state index contributed by atoms with van der Waals surface area (Å²) in [5.41, 5.74) is 21.6. The van der Waals surface area contributed by atoms with Gasteiger partial charge in [0.15, 0.2) is 0 Å². The lowest BCUT2D eigenvalue weighted by Crippen LogP contribution is -2.29. The van der Waals surface area contributed by atoms with Gasteiger partial charge in [0.1, 0.15) is 0 Å². The van der Waals surface area contributed by atoms with Crippen molar-refractivity contribution < 1.29 is 0 Å². The SMILES string of the molecule is CC.NN/C(C1=CC=CCC1)=C1/C=CC=CC1c1ccc(-c2cccc(-c3ccc4c(c3)C(c3ccccc3)(c3ccccc3Nc3ccccc3)c3ccccc3-4)c2)cc1. The minimum atomic E-state index is -0.561. The van der Waals surface area contributed by atoms with Gasteiger partial charge in [-0.3, -0.25) is 5.84 Å². The van der Waals surface area contributed by atoms with Crippen LogP contribution in [-0.2, 0) is 5.41 Å². The van der Waals surface area contributed by atoms with E-state index in [0.29, 0.717) is 0 Å². The summed E-state index contributed by atoms with van der Waals surface area (Å²) in [6.45, 7) is 4.00. The van der Waals surface area contributed by atoms with Crippen molar-refractivity contribution in [1.82, 2.24) is 5.43 Å². The molecule has 2 unspecified atom stereocenters. The largest absolute Gasteiger partial charge is 0.355 e. The standard InChI is InChI=1S/C56H45N3.C2H6/c57-59-55(41-17-4-1-5-18-41)50-27-11-10-25-47(50)40-33-31-39(32-34-40)42-19-16-20-43(37-42)44-35-36-49-48-26-12-13-28-51(48)56(53(49)38-44,45-21-6-2-7-22-45)52-29-14-15-30-54(52)58-46-23-8-3-9-24-46;1-2/h1-4,6-17,19-38,47,58-59H,5,18,57H2;1-2H3/b55-50-;. The fraction of sp³-hybridized carbons (Fsp3) is 0.103. The molecule has 0 fully saturated rings. The lowest BCUT2D eigenvalue weighted by atomic mass is 9.67. The number of benzene rings is 7. The van der Waals surface area contributed by atoms with Crippen molar-refractivity contribution in [2.24, 2.45) is 5.84 Å². The summed E-state index contributed by atoms with van der Waals surface area (Å²) >= 11 is 0. The van der Waals surface area contributed by atoms with Gasteiger partial charge in [0.05, 0.1) is 11.1 Å². The van der Waals surface area contributed by atoms with Gasteiger partial charge in [-0.05, 0) is 116 Å². The van der Waals surface area contributed by atoms with Gasteiger partial charge in [0.2, 0.25) is 0 Å². The third kappa shape index (κ3) is 7.28. The van der Waals surface area contributed by atoms with E-state index in [9.17, 15) is 0 Å². The van der Waals surface area contributed by atoms with Crippen LogP contribution < -0.4 is 16.6 Å². The van der Waals surface area contributed by atoms with E-state index in [1.165, 1.54) is 72.3 Å². The summed E-state index contributed by atoms with van der Waals surface area (Å²) in [5.74, 6) is 6.27. The molecule has 4 N–H and O–H groups in total. The van der Waals surface area contributed by atoms with Crippen LogP contribution in [0, 0.1) is 0 Å². The summed E-state index contributed by atoms with van der Waals surface area (Å²) in [6, 6.07) is 64.4. The Morgan fingerprint density at radius 3 is 1.98 bits per heavy atom. The Morgan fingerprint density at radius 2 is 1.23 bits per heavy atom. The highest BCUT2D eigenvalue weighted by atomic mass is 15.2. The molecule has 298 valence electrons. The lowest BCUT2D eigenvalue weighted by molar-refractivity contribution is 0.771. The predicted octanol–water partition coefficient (Wildman–Crippen LogP) is 14.4. The van der Waals surface area contributed by atoms with E-state index in [4.69, 9.17) is 5.84 Å². The predicted molar refractivity (Wildman–Crippen MR) is 258 cm³/mol. The van der Waals surface area contributed by atoms with Crippen LogP contribution in [0.3, 0.4) is 0 Å². The molecule has 3 nitrogen and oxygen atoms in total. The Hall–Kier alpha value is -7.20. The third-order valence-corrected chi connectivity index (χ3v) is 12.2. The molecule has 0 saturated heterocycles. The molecule has 0 bridgehead atoms. The van der Waals surface area contributed by atoms with Crippen LogP contribution in [0.25, 0.3) is 33.4 Å². The average Bonchev–Trinajstić information content (AvgIpc) is 3.64. The Balaban J connectivity index is 0.00000235. The highest BCUT2D eigenvalue weighted by Crippen LogP contribution is 2.58. The zero-order valence-corrected chi connectivity index (χ0v) is 34.9. The minimum absolute atomic E-state index is 0.103. The van der Waals surface area contributed by atoms with Crippen molar-refractivity contribution >= 4 is 11.4 Å². The highest BCUT2D eigenvalue weighted by Gasteiger charge is 2.47. The number of nitrogens with one attached hydrogen (secondary N) is 2. The van der Waals surface area contributed by atoms with Crippen LogP contribution in [0.1, 0.15) is 60.4 Å². The van der Waals surface area contributed by atoms with Crippen molar-refractivity contribution in [1.29, 1.82) is 0 Å². The lowest BCUT2D eigenvalue weighted by Gasteiger charge is -2.35. The molecule has 0 spiro atoms. The molecular formula is C58H51N3. The van der Waals surface area contributed by atoms with Gasteiger partial charge in [0, 0.05) is 17.3 Å². The van der Waals surface area contributed by atoms with Crippen molar-refractivity contribution in [3.8, 4) is 33.4 Å². The number of para-hydroxylation sites is 2. The molecule has 0 radical (unpaired) electrons. The Morgan fingerprint density at radius 1 is 0.574 bits per heavy atom. The van der Waals surface area contributed by atoms with Crippen LogP contribution in [0.2, 0.25) is 0 Å². The number of nitrogens with two attached hydrogens (primary N) is 1. The summed E-state index contributed by atoms with van der Waals surface area (Å²) in [4.78, 5) is 0. The molecule has 0 aromatic heterocycles. The molecule has 7 aromatic rings. The van der Waals surface area contributed by atoms with Gasteiger partial charge in [-0.15, -0.1) is 0 Å². The summed E-state index contributed by atoms with van der Waals surface area (Å²) in [7, 11) is 0. The molecule has 0 saturated carbocycles. The van der Waals surface area contributed by atoms with Gasteiger partial charge in [0.25, 0.3) is 0 Å². The van der Waals surface area contributed by atoms with Crippen molar-refractivity contribution in [2.75, 3.05) is 5.32 Å². The van der Waals surface area contributed by atoms with Crippen LogP contribution in [-0.4, -0.2) is 0 Å². The molecule has 61 heavy (non-hydrogen) atoms. The first-order valence-electron chi connectivity index (χ1n) is 21.6. The van der Waals surface area contributed by atoms with E-state index in [1.807, 2.05) is 13.8 Å². The van der Waals surface area contributed by atoms with E-state index < -0.39 is 5.41 Å². The number of fused-ring (bicyclic) bond motifs is 3. The monoisotopic (exact) mass is 789 g/mol. The quantitative estimate of drug-likeness (QED) is 0.101. The van der Waals surface area contributed by atoms with Crippen molar-refractivity contribution in [2.45, 2.75) is 38.0 Å². The number of hydrogen-bond acceptors (Lipinski definition) is 3. The second-order valence-electron chi connectivity index (χ2n) is 15.5. The maximum absolute atomic E-state index is 6.16. The number of anilines is 2. The first-order valence-corrected chi connectivity index (χ1v) is 21.6. The Labute approximate surface area is 361 Å². The summed E-state index contributed by atoms with van der Waals surface area (Å²) < 4.78 is 0. The van der Waals surface area contributed by atoms with Crippen LogP contribution in [0.5, 0.6) is 0 Å². The zero-order valence-electron chi connectivity index (χ0n) is 34.9. The van der Waals surface area contributed by atoms with Crippen LogP contribution >= 0.6 is 0 Å². The molecule has 0 heterocycles. The van der Waals surface area contributed by atoms with E-state index in [1.54, 1.807) is 0 Å². The number of hydrogen-bond donors (Lipinski definition) is 3. The second kappa shape index (κ2) is 17.6.